The van der Waals surface area contributed by atoms with Crippen molar-refractivity contribution in [2.45, 2.75) is 65.1 Å². The topological polar surface area (TPSA) is 113 Å². The molecule has 3 N–H and O–H groups in total. The third-order valence-corrected chi connectivity index (χ3v) is 6.93. The first-order valence-electron chi connectivity index (χ1n) is 12.7. The van der Waals surface area contributed by atoms with Crippen LogP contribution in [-0.4, -0.2) is 45.2 Å². The molecule has 218 valence electrons. The predicted molar refractivity (Wildman–Crippen MR) is 138 cm³/mol. The van der Waals surface area contributed by atoms with Crippen LogP contribution in [0, 0.1) is 25.5 Å². The average Bonchev–Trinajstić information content (AvgIpc) is 3.38. The van der Waals surface area contributed by atoms with Gasteiger partial charge in [-0.05, 0) is 54.7 Å². The number of hydrogen-bond donors (Lipinski definition) is 3. The summed E-state index contributed by atoms with van der Waals surface area (Å²) in [5.74, 6) is -5.23. The minimum atomic E-state index is -4.66. The summed E-state index contributed by atoms with van der Waals surface area (Å²) >= 11 is 0. The first-order chi connectivity index (χ1) is 19.3. The summed E-state index contributed by atoms with van der Waals surface area (Å²) in [6.45, 7) is 5.40. The molecule has 13 heteroatoms. The van der Waals surface area contributed by atoms with Gasteiger partial charge in [0.1, 0.15) is 29.3 Å². The molecule has 1 aliphatic rings. The van der Waals surface area contributed by atoms with Crippen molar-refractivity contribution in [3.8, 4) is 11.4 Å². The number of anilines is 1. The molecule has 0 spiro atoms. The number of carbonyl (C=O) groups is 2. The fourth-order valence-corrected chi connectivity index (χ4v) is 4.54. The summed E-state index contributed by atoms with van der Waals surface area (Å²) in [5.41, 5.74) is 2.82. The van der Waals surface area contributed by atoms with Crippen LogP contribution in [0.1, 0.15) is 51.7 Å². The van der Waals surface area contributed by atoms with E-state index in [1.54, 1.807) is 18.3 Å². The highest BCUT2D eigenvalue weighted by atomic mass is 19.4. The number of ether oxygens (including phenoxy) is 1. The number of carbonyl (C=O) groups excluding carboxylic acids is 1. The maximum Gasteiger partial charge on any atom is 0.408 e. The third kappa shape index (κ3) is 6.45. The number of aliphatic carboxylic acids is 1. The van der Waals surface area contributed by atoms with Crippen molar-refractivity contribution < 1.29 is 41.4 Å². The summed E-state index contributed by atoms with van der Waals surface area (Å²) in [5, 5.41) is 13.9. The van der Waals surface area contributed by atoms with Gasteiger partial charge in [0, 0.05) is 29.6 Å². The van der Waals surface area contributed by atoms with Crippen molar-refractivity contribution in [3.63, 3.8) is 0 Å². The molecule has 2 atom stereocenters. The van der Waals surface area contributed by atoms with Gasteiger partial charge in [-0.3, -0.25) is 4.79 Å². The average molecular weight is 579 g/mol. The van der Waals surface area contributed by atoms with Crippen LogP contribution in [0.2, 0.25) is 0 Å². The molecule has 0 radical (unpaired) electrons. The third-order valence-electron chi connectivity index (χ3n) is 6.93. The molecule has 0 saturated heterocycles. The summed E-state index contributed by atoms with van der Waals surface area (Å²) in [6.07, 6.45) is -3.60. The van der Waals surface area contributed by atoms with Crippen molar-refractivity contribution >= 4 is 17.6 Å². The number of halogens is 5. The van der Waals surface area contributed by atoms with E-state index in [2.05, 4.69) is 15.3 Å². The van der Waals surface area contributed by atoms with Gasteiger partial charge in [-0.2, -0.15) is 13.2 Å². The maximum atomic E-state index is 14.7. The number of carboxylic acids is 1. The van der Waals surface area contributed by atoms with Crippen molar-refractivity contribution in [1.29, 1.82) is 0 Å². The number of benzene rings is 2. The number of carboxylic acid groups (broad SMARTS) is 1. The molecular formula is C28H27F5N4O4. The van der Waals surface area contributed by atoms with Crippen LogP contribution in [-0.2, 0) is 29.2 Å². The molecule has 0 aliphatic carbocycles. The van der Waals surface area contributed by atoms with Crippen LogP contribution < -0.4 is 10.6 Å². The van der Waals surface area contributed by atoms with E-state index in [0.29, 0.717) is 34.6 Å². The van der Waals surface area contributed by atoms with E-state index in [-0.39, 0.29) is 19.6 Å². The standard InChI is InChI=1S/C28H27F5N4O4/c1-4-23(28(31,32)33)36-16-8-20(29)24(21(30)9-16)26(38)37-22(27(39)40)7-15-5-6-17(19-12-41-11-18(15)19)25-34-10-13(2)14(3)35-25/h5-6,8-10,22-23,36H,4,7,11-12H2,1-3H3,(H,37,38)(H,39,40)/t22-,23+/m0/s1. The van der Waals surface area contributed by atoms with Gasteiger partial charge in [-0.25, -0.2) is 23.5 Å². The largest absolute Gasteiger partial charge is 0.480 e. The molecule has 0 unspecified atom stereocenters. The fourth-order valence-electron chi connectivity index (χ4n) is 4.54. The fraction of sp³-hybridized carbons (Fsp3) is 0.357. The number of alkyl halides is 3. The van der Waals surface area contributed by atoms with Crippen molar-refractivity contribution in [1.82, 2.24) is 15.3 Å². The lowest BCUT2D eigenvalue weighted by atomic mass is 9.93. The highest BCUT2D eigenvalue weighted by Gasteiger charge is 2.38. The molecule has 3 aromatic rings. The van der Waals surface area contributed by atoms with Crippen LogP contribution in [0.4, 0.5) is 27.6 Å². The Morgan fingerprint density at radius 3 is 2.34 bits per heavy atom. The highest BCUT2D eigenvalue weighted by Crippen LogP contribution is 2.33. The molecule has 0 bridgehead atoms. The highest BCUT2D eigenvalue weighted by molar-refractivity contribution is 5.97. The molecule has 0 saturated carbocycles. The minimum absolute atomic E-state index is 0.179. The van der Waals surface area contributed by atoms with Crippen molar-refractivity contribution in [2.24, 2.45) is 0 Å². The Morgan fingerprint density at radius 1 is 1.10 bits per heavy atom. The minimum Gasteiger partial charge on any atom is -0.480 e. The first kappa shape index (κ1) is 29.8. The Hall–Kier alpha value is -4.13. The number of amides is 1. The summed E-state index contributed by atoms with van der Waals surface area (Å²) in [6, 6.07) is 0.859. The van der Waals surface area contributed by atoms with Crippen LogP contribution in [0.5, 0.6) is 0 Å². The molecule has 0 fully saturated rings. The zero-order chi connectivity index (χ0) is 30.1. The number of aryl methyl sites for hydroxylation is 2. The van der Waals surface area contributed by atoms with E-state index >= 15 is 0 Å². The SMILES string of the molecule is CC[C@@H](Nc1cc(F)c(C(=O)N[C@@H](Cc2ccc(-c3ncc(C)c(C)n3)c3c2COC3)C(=O)O)c(F)c1)C(F)(F)F. The number of aromatic nitrogens is 2. The number of hydrogen-bond acceptors (Lipinski definition) is 6. The van der Waals surface area contributed by atoms with E-state index in [4.69, 9.17) is 4.74 Å². The van der Waals surface area contributed by atoms with Crippen molar-refractivity contribution in [2.75, 3.05) is 5.32 Å². The van der Waals surface area contributed by atoms with E-state index in [0.717, 1.165) is 16.8 Å². The second kappa shape index (κ2) is 11.8. The van der Waals surface area contributed by atoms with E-state index in [9.17, 15) is 36.6 Å². The second-order valence-corrected chi connectivity index (χ2v) is 9.71. The monoisotopic (exact) mass is 578 g/mol. The smallest absolute Gasteiger partial charge is 0.408 e. The predicted octanol–water partition coefficient (Wildman–Crippen LogP) is 5.25. The number of nitrogens with zero attached hydrogens (tertiary/aromatic N) is 2. The Bertz CT molecular complexity index is 1470. The summed E-state index contributed by atoms with van der Waals surface area (Å²) in [4.78, 5) is 33.7. The quantitative estimate of drug-likeness (QED) is 0.298. The lowest BCUT2D eigenvalue weighted by Crippen LogP contribution is -2.43. The Balaban J connectivity index is 1.56. The number of rotatable bonds is 9. The van der Waals surface area contributed by atoms with Crippen LogP contribution in [0.3, 0.4) is 0 Å². The summed E-state index contributed by atoms with van der Waals surface area (Å²) in [7, 11) is 0. The van der Waals surface area contributed by atoms with Gasteiger partial charge in [-0.1, -0.05) is 19.1 Å². The first-order valence-corrected chi connectivity index (χ1v) is 12.7. The molecule has 4 rings (SSSR count). The molecule has 1 amide bonds. The number of fused-ring (bicyclic) bond motifs is 1. The van der Waals surface area contributed by atoms with Crippen LogP contribution >= 0.6 is 0 Å². The molecule has 8 nitrogen and oxygen atoms in total. The molecule has 2 heterocycles. The lowest BCUT2D eigenvalue weighted by molar-refractivity contribution is -0.143. The van der Waals surface area contributed by atoms with E-state index < -0.39 is 59.4 Å². The molecular weight excluding hydrogens is 551 g/mol. The number of nitrogens with one attached hydrogen (secondary N) is 2. The Morgan fingerprint density at radius 2 is 1.76 bits per heavy atom. The van der Waals surface area contributed by atoms with Gasteiger partial charge in [0.15, 0.2) is 5.82 Å². The zero-order valence-corrected chi connectivity index (χ0v) is 22.3. The van der Waals surface area contributed by atoms with Crippen LogP contribution in [0.25, 0.3) is 11.4 Å². The van der Waals surface area contributed by atoms with Crippen LogP contribution in [0.15, 0.2) is 30.5 Å². The molecule has 41 heavy (non-hydrogen) atoms. The van der Waals surface area contributed by atoms with Gasteiger partial charge < -0.3 is 20.5 Å². The molecule has 1 aliphatic heterocycles. The van der Waals surface area contributed by atoms with Gasteiger partial charge in [0.05, 0.1) is 13.2 Å². The van der Waals surface area contributed by atoms with Gasteiger partial charge in [0.2, 0.25) is 0 Å². The lowest BCUT2D eigenvalue weighted by Gasteiger charge is -2.22. The Kier molecular flexibility index (Phi) is 8.57. The maximum absolute atomic E-state index is 14.7. The van der Waals surface area contributed by atoms with Gasteiger partial charge in [-0.15, -0.1) is 0 Å². The van der Waals surface area contributed by atoms with Crippen molar-refractivity contribution in [3.05, 3.63) is 75.6 Å². The van der Waals surface area contributed by atoms with Gasteiger partial charge in [0.25, 0.3) is 5.91 Å². The van der Waals surface area contributed by atoms with E-state index in [1.807, 2.05) is 19.2 Å². The van der Waals surface area contributed by atoms with Gasteiger partial charge >= 0.3 is 12.1 Å². The summed E-state index contributed by atoms with van der Waals surface area (Å²) < 4.78 is 74.2. The Labute approximate surface area is 232 Å². The second-order valence-electron chi connectivity index (χ2n) is 9.71. The van der Waals surface area contributed by atoms with E-state index in [1.165, 1.54) is 6.92 Å². The molecule has 1 aromatic heterocycles. The normalized spacial score (nSPS) is 14.3. The molecule has 2 aromatic carbocycles. The zero-order valence-electron chi connectivity index (χ0n) is 22.3.